The summed E-state index contributed by atoms with van der Waals surface area (Å²) in [7, 11) is 0. The van der Waals surface area contributed by atoms with Crippen LogP contribution in [-0.4, -0.2) is 29.5 Å². The van der Waals surface area contributed by atoms with Gasteiger partial charge in [-0.05, 0) is 12.3 Å². The molecule has 4 nitrogen and oxygen atoms in total. The predicted molar refractivity (Wildman–Crippen MR) is 65.9 cm³/mol. The molecule has 0 heterocycles. The Morgan fingerprint density at radius 1 is 1.32 bits per heavy atom. The first-order valence-electron chi connectivity index (χ1n) is 6.71. The largest absolute Gasteiger partial charge is 0.480 e. The monoisotopic (exact) mass is 277 g/mol. The lowest BCUT2D eigenvalue weighted by Gasteiger charge is -2.19. The van der Waals surface area contributed by atoms with Crippen molar-refractivity contribution in [3.05, 3.63) is 0 Å². The van der Waals surface area contributed by atoms with E-state index in [1.54, 1.807) is 6.92 Å². The number of carbonyl (C=O) groups excluding carboxylic acids is 1. The van der Waals surface area contributed by atoms with Crippen molar-refractivity contribution in [2.75, 3.05) is 0 Å². The molecule has 0 aromatic heterocycles. The number of nitrogens with one attached hydrogen (secondary N) is 1. The van der Waals surface area contributed by atoms with E-state index in [1.165, 1.54) is 12.8 Å². The molecule has 110 valence electrons. The van der Waals surface area contributed by atoms with Gasteiger partial charge in [0.2, 0.25) is 12.3 Å². The molecule has 2 unspecified atom stereocenters. The second kappa shape index (κ2) is 7.40. The summed E-state index contributed by atoms with van der Waals surface area (Å²) < 4.78 is 24.4. The van der Waals surface area contributed by atoms with E-state index in [0.717, 1.165) is 12.8 Å². The van der Waals surface area contributed by atoms with Gasteiger partial charge in [0.25, 0.3) is 0 Å². The fourth-order valence-electron chi connectivity index (χ4n) is 2.57. The second-order valence-electron chi connectivity index (χ2n) is 5.31. The molecule has 6 heteroatoms. The Morgan fingerprint density at radius 2 is 1.89 bits per heavy atom. The fourth-order valence-corrected chi connectivity index (χ4v) is 2.57. The third-order valence-corrected chi connectivity index (χ3v) is 3.64. The summed E-state index contributed by atoms with van der Waals surface area (Å²) in [5.74, 6) is -1.69. The Morgan fingerprint density at radius 3 is 2.37 bits per heavy atom. The topological polar surface area (TPSA) is 66.4 Å². The summed E-state index contributed by atoms with van der Waals surface area (Å²) in [6, 6.07) is -1.50. The van der Waals surface area contributed by atoms with Crippen molar-refractivity contribution < 1.29 is 23.5 Å². The zero-order valence-corrected chi connectivity index (χ0v) is 11.1. The molecule has 2 atom stereocenters. The van der Waals surface area contributed by atoms with E-state index < -0.39 is 30.8 Å². The van der Waals surface area contributed by atoms with E-state index in [2.05, 4.69) is 5.32 Å². The van der Waals surface area contributed by atoms with Gasteiger partial charge >= 0.3 is 5.97 Å². The molecule has 1 aliphatic carbocycles. The zero-order valence-electron chi connectivity index (χ0n) is 11.1. The summed E-state index contributed by atoms with van der Waals surface area (Å²) >= 11 is 0. The average Bonchev–Trinajstić information content (AvgIpc) is 2.79. The second-order valence-corrected chi connectivity index (χ2v) is 5.31. The number of carboxylic acid groups (broad SMARTS) is 1. The third kappa shape index (κ3) is 5.53. The molecule has 1 amide bonds. The number of alkyl halides is 2. The zero-order chi connectivity index (χ0) is 14.4. The van der Waals surface area contributed by atoms with Crippen LogP contribution in [-0.2, 0) is 9.59 Å². The van der Waals surface area contributed by atoms with Crippen LogP contribution in [0.1, 0.15) is 45.4 Å². The molecule has 0 aromatic carbocycles. The van der Waals surface area contributed by atoms with Gasteiger partial charge in [0.1, 0.15) is 6.04 Å². The van der Waals surface area contributed by atoms with Gasteiger partial charge in [-0.3, -0.25) is 4.79 Å². The maximum absolute atomic E-state index is 12.2. The van der Waals surface area contributed by atoms with Crippen LogP contribution in [0.15, 0.2) is 0 Å². The van der Waals surface area contributed by atoms with Crippen LogP contribution >= 0.6 is 0 Å². The van der Waals surface area contributed by atoms with E-state index in [9.17, 15) is 18.4 Å². The van der Waals surface area contributed by atoms with E-state index >= 15 is 0 Å². The number of amides is 1. The normalized spacial score (nSPS) is 19.4. The molecule has 0 aromatic rings. The lowest BCUT2D eigenvalue weighted by molar-refractivity contribution is -0.143. The number of hydrogen-bond donors (Lipinski definition) is 2. The van der Waals surface area contributed by atoms with Crippen molar-refractivity contribution in [2.24, 2.45) is 11.8 Å². The molecule has 0 bridgehead atoms. The summed E-state index contributed by atoms with van der Waals surface area (Å²) in [4.78, 5) is 22.6. The number of carbonyl (C=O) groups is 2. The van der Waals surface area contributed by atoms with Crippen LogP contribution in [0.3, 0.4) is 0 Å². The molecule has 0 aliphatic heterocycles. The van der Waals surface area contributed by atoms with Crippen LogP contribution in [0.2, 0.25) is 0 Å². The first-order valence-corrected chi connectivity index (χ1v) is 6.71. The van der Waals surface area contributed by atoms with Crippen LogP contribution < -0.4 is 5.32 Å². The molecule has 1 saturated carbocycles. The third-order valence-electron chi connectivity index (χ3n) is 3.64. The summed E-state index contributed by atoms with van der Waals surface area (Å²) in [6.07, 6.45) is 1.63. The van der Waals surface area contributed by atoms with Gasteiger partial charge < -0.3 is 10.4 Å². The van der Waals surface area contributed by atoms with Crippen molar-refractivity contribution in [3.63, 3.8) is 0 Å². The minimum absolute atomic E-state index is 0.331. The van der Waals surface area contributed by atoms with Gasteiger partial charge in [0, 0.05) is 12.3 Å². The Balaban J connectivity index is 2.43. The number of carboxylic acids is 1. The highest BCUT2D eigenvalue weighted by Gasteiger charge is 2.27. The first-order chi connectivity index (χ1) is 8.90. The number of rotatable bonds is 7. The summed E-state index contributed by atoms with van der Waals surface area (Å²) in [6.45, 7) is 1.72. The molecular formula is C13H21F2NO3. The van der Waals surface area contributed by atoms with Crippen LogP contribution in [0.25, 0.3) is 0 Å². The molecule has 0 spiro atoms. The maximum atomic E-state index is 12.2. The van der Waals surface area contributed by atoms with Gasteiger partial charge in [-0.2, -0.15) is 0 Å². The lowest BCUT2D eigenvalue weighted by atomic mass is 9.93. The smallest absolute Gasteiger partial charge is 0.326 e. The van der Waals surface area contributed by atoms with Crippen molar-refractivity contribution in [3.8, 4) is 0 Å². The van der Waals surface area contributed by atoms with Crippen LogP contribution in [0, 0.1) is 11.8 Å². The highest BCUT2D eigenvalue weighted by Crippen LogP contribution is 2.30. The predicted octanol–water partition coefficient (Wildman–Crippen LogP) is 2.43. The Bertz CT molecular complexity index is 317. The van der Waals surface area contributed by atoms with E-state index in [0.29, 0.717) is 12.3 Å². The minimum atomic E-state index is -2.74. The van der Waals surface area contributed by atoms with Crippen molar-refractivity contribution in [1.82, 2.24) is 5.32 Å². The Hall–Kier alpha value is -1.20. The average molecular weight is 277 g/mol. The molecule has 0 saturated heterocycles. The molecule has 19 heavy (non-hydrogen) atoms. The molecule has 1 rings (SSSR count). The Kier molecular flexibility index (Phi) is 6.18. The summed E-state index contributed by atoms with van der Waals surface area (Å²) in [5, 5.41) is 11.0. The SMILES string of the molecule is CC(CC1CCCC1)C(=O)NC(CC(F)F)C(=O)O. The van der Waals surface area contributed by atoms with Crippen molar-refractivity contribution in [1.29, 1.82) is 0 Å². The van der Waals surface area contributed by atoms with Crippen molar-refractivity contribution >= 4 is 11.9 Å². The van der Waals surface area contributed by atoms with Crippen LogP contribution in [0.5, 0.6) is 0 Å². The standard InChI is InChI=1S/C13H21F2NO3/c1-8(6-9-4-2-3-5-9)12(17)16-10(13(18)19)7-11(14)15/h8-11H,2-7H2,1H3,(H,16,17)(H,18,19). The van der Waals surface area contributed by atoms with E-state index in [1.807, 2.05) is 0 Å². The fraction of sp³-hybridized carbons (Fsp3) is 0.846. The molecular weight excluding hydrogens is 256 g/mol. The number of hydrogen-bond acceptors (Lipinski definition) is 2. The number of aliphatic carboxylic acids is 1. The van der Waals surface area contributed by atoms with Gasteiger partial charge in [-0.25, -0.2) is 13.6 Å². The van der Waals surface area contributed by atoms with Gasteiger partial charge in [0.05, 0.1) is 0 Å². The lowest BCUT2D eigenvalue weighted by Crippen LogP contribution is -2.44. The molecule has 0 radical (unpaired) electrons. The first kappa shape index (κ1) is 15.9. The highest BCUT2D eigenvalue weighted by atomic mass is 19.3. The quantitative estimate of drug-likeness (QED) is 0.751. The van der Waals surface area contributed by atoms with E-state index in [-0.39, 0.29) is 5.92 Å². The molecule has 2 N–H and O–H groups in total. The molecule has 1 aliphatic rings. The van der Waals surface area contributed by atoms with Crippen LogP contribution in [0.4, 0.5) is 8.78 Å². The van der Waals surface area contributed by atoms with Gasteiger partial charge in [-0.1, -0.05) is 32.6 Å². The summed E-state index contributed by atoms with van der Waals surface area (Å²) in [5.41, 5.74) is 0. The minimum Gasteiger partial charge on any atom is -0.480 e. The molecule has 1 fully saturated rings. The Labute approximate surface area is 111 Å². The number of halogens is 2. The van der Waals surface area contributed by atoms with Gasteiger partial charge in [0.15, 0.2) is 0 Å². The van der Waals surface area contributed by atoms with Gasteiger partial charge in [-0.15, -0.1) is 0 Å². The highest BCUT2D eigenvalue weighted by molar-refractivity contribution is 5.84. The van der Waals surface area contributed by atoms with Crippen molar-refractivity contribution in [2.45, 2.75) is 57.9 Å². The maximum Gasteiger partial charge on any atom is 0.326 e. The van der Waals surface area contributed by atoms with E-state index in [4.69, 9.17) is 5.11 Å².